The topological polar surface area (TPSA) is 49.3 Å². The fourth-order valence-corrected chi connectivity index (χ4v) is 2.33. The number of carboxylic acid groups (broad SMARTS) is 1. The van der Waals surface area contributed by atoms with Gasteiger partial charge in [-0.3, -0.25) is 0 Å². The van der Waals surface area contributed by atoms with Crippen molar-refractivity contribution in [3.8, 4) is 0 Å². The summed E-state index contributed by atoms with van der Waals surface area (Å²) in [4.78, 5) is 11.4. The summed E-state index contributed by atoms with van der Waals surface area (Å²) in [6.45, 7) is 0. The molecule has 2 aromatic rings. The Morgan fingerprint density at radius 3 is 2.60 bits per heavy atom. The second kappa shape index (κ2) is 6.24. The second-order valence-corrected chi connectivity index (χ2v) is 5.30. The normalized spacial score (nSPS) is 11.9. The summed E-state index contributed by atoms with van der Waals surface area (Å²) in [5, 5.41) is 12.0. The van der Waals surface area contributed by atoms with Crippen molar-refractivity contribution >= 4 is 39.2 Å². The maximum absolute atomic E-state index is 14.0. The molecule has 0 aliphatic heterocycles. The average molecular weight is 359 g/mol. The lowest BCUT2D eigenvalue weighted by atomic mass is 10.1. The Morgan fingerprint density at radius 1 is 1.25 bits per heavy atom. The van der Waals surface area contributed by atoms with Crippen LogP contribution >= 0.6 is 27.5 Å². The number of aliphatic carboxylic acids is 1. The van der Waals surface area contributed by atoms with E-state index in [0.29, 0.717) is 10.2 Å². The predicted octanol–water partition coefficient (Wildman–Crippen LogP) is 4.48. The van der Waals surface area contributed by atoms with Gasteiger partial charge in [0.05, 0.1) is 5.02 Å². The molecule has 0 saturated carbocycles. The number of benzene rings is 2. The third kappa shape index (κ3) is 3.11. The van der Waals surface area contributed by atoms with E-state index in [9.17, 15) is 14.3 Å². The van der Waals surface area contributed by atoms with E-state index in [2.05, 4.69) is 21.2 Å². The Morgan fingerprint density at radius 2 is 1.95 bits per heavy atom. The fourth-order valence-electron chi connectivity index (χ4n) is 1.75. The number of hydrogen-bond donors (Lipinski definition) is 2. The lowest BCUT2D eigenvalue weighted by Crippen LogP contribution is -2.22. The Kier molecular flexibility index (Phi) is 4.62. The van der Waals surface area contributed by atoms with Crippen LogP contribution in [0.5, 0.6) is 0 Å². The number of carboxylic acids is 1. The van der Waals surface area contributed by atoms with E-state index in [0.717, 1.165) is 0 Å². The van der Waals surface area contributed by atoms with Gasteiger partial charge in [0, 0.05) is 15.7 Å². The van der Waals surface area contributed by atoms with Crippen LogP contribution in [0.4, 0.5) is 10.1 Å². The predicted molar refractivity (Wildman–Crippen MR) is 79.6 cm³/mol. The van der Waals surface area contributed by atoms with E-state index in [1.54, 1.807) is 24.3 Å². The second-order valence-electron chi connectivity index (χ2n) is 4.04. The summed E-state index contributed by atoms with van der Waals surface area (Å²) < 4.78 is 14.7. The van der Waals surface area contributed by atoms with Crippen molar-refractivity contribution in [1.29, 1.82) is 0 Å². The first-order valence-electron chi connectivity index (χ1n) is 5.68. The fraction of sp³-hybridized carbons (Fsp3) is 0.0714. The molecule has 104 valence electrons. The van der Waals surface area contributed by atoms with Crippen LogP contribution in [0.2, 0.25) is 5.02 Å². The van der Waals surface area contributed by atoms with Gasteiger partial charge in [0.2, 0.25) is 0 Å². The first-order valence-corrected chi connectivity index (χ1v) is 6.85. The highest BCUT2D eigenvalue weighted by molar-refractivity contribution is 9.10. The lowest BCUT2D eigenvalue weighted by molar-refractivity contribution is -0.138. The molecule has 2 rings (SSSR count). The zero-order valence-electron chi connectivity index (χ0n) is 10.1. The molecule has 20 heavy (non-hydrogen) atoms. The summed E-state index contributed by atoms with van der Waals surface area (Å²) in [6, 6.07) is 10.1. The van der Waals surface area contributed by atoms with Crippen molar-refractivity contribution in [3.05, 3.63) is 63.3 Å². The first kappa shape index (κ1) is 14.8. The molecule has 0 spiro atoms. The van der Waals surface area contributed by atoms with Crippen LogP contribution in [-0.4, -0.2) is 11.1 Å². The molecule has 6 heteroatoms. The largest absolute Gasteiger partial charge is 0.479 e. The number of carbonyl (C=O) groups is 1. The molecule has 2 aromatic carbocycles. The van der Waals surface area contributed by atoms with Gasteiger partial charge in [0.25, 0.3) is 0 Å². The molecule has 0 amide bonds. The van der Waals surface area contributed by atoms with Gasteiger partial charge in [0.1, 0.15) is 5.82 Å². The number of rotatable bonds is 4. The van der Waals surface area contributed by atoms with Crippen LogP contribution in [0.15, 0.2) is 46.9 Å². The van der Waals surface area contributed by atoms with E-state index < -0.39 is 17.8 Å². The monoisotopic (exact) mass is 357 g/mol. The van der Waals surface area contributed by atoms with Crippen LogP contribution in [0.1, 0.15) is 11.6 Å². The smallest absolute Gasteiger partial charge is 0.330 e. The molecule has 0 fully saturated rings. The summed E-state index contributed by atoms with van der Waals surface area (Å²) in [5.41, 5.74) is 0.542. The highest BCUT2D eigenvalue weighted by Gasteiger charge is 2.24. The van der Waals surface area contributed by atoms with E-state index in [1.807, 2.05) is 0 Å². The molecule has 0 heterocycles. The lowest BCUT2D eigenvalue weighted by Gasteiger charge is -2.18. The minimum Gasteiger partial charge on any atom is -0.479 e. The summed E-state index contributed by atoms with van der Waals surface area (Å²) in [7, 11) is 0. The third-order valence-electron chi connectivity index (χ3n) is 2.71. The average Bonchev–Trinajstić information content (AvgIpc) is 2.41. The number of halogens is 3. The van der Waals surface area contributed by atoms with Crippen molar-refractivity contribution in [2.24, 2.45) is 0 Å². The third-order valence-corrected chi connectivity index (χ3v) is 3.70. The molecule has 0 bridgehead atoms. The molecule has 0 aliphatic rings. The molecule has 1 unspecified atom stereocenters. The Balaban J connectivity index is 2.40. The quantitative estimate of drug-likeness (QED) is 0.847. The number of nitrogens with one attached hydrogen (secondary N) is 1. The van der Waals surface area contributed by atoms with Gasteiger partial charge in [-0.15, -0.1) is 0 Å². The zero-order chi connectivity index (χ0) is 14.7. The Labute approximate surface area is 128 Å². The molecule has 0 saturated heterocycles. The standard InChI is InChI=1S/C14H10BrClFNO2/c15-9-5-1-2-7-11(9)18-13(14(19)20)8-4-3-6-10(16)12(8)17/h1-7,13,18H,(H,19,20). The first-order chi connectivity index (χ1) is 9.50. The molecule has 2 N–H and O–H groups in total. The molecule has 0 aromatic heterocycles. The van der Waals surface area contributed by atoms with Gasteiger partial charge in [-0.2, -0.15) is 0 Å². The molecule has 1 atom stereocenters. The molecular formula is C14H10BrClFNO2. The van der Waals surface area contributed by atoms with Crippen molar-refractivity contribution in [3.63, 3.8) is 0 Å². The van der Waals surface area contributed by atoms with Crippen LogP contribution in [0, 0.1) is 5.82 Å². The number of hydrogen-bond acceptors (Lipinski definition) is 2. The van der Waals surface area contributed by atoms with Gasteiger partial charge < -0.3 is 10.4 Å². The van der Waals surface area contributed by atoms with E-state index >= 15 is 0 Å². The molecule has 0 radical (unpaired) electrons. The minimum atomic E-state index is -1.23. The van der Waals surface area contributed by atoms with Crippen molar-refractivity contribution in [1.82, 2.24) is 0 Å². The summed E-state index contributed by atoms with van der Waals surface area (Å²) in [6.07, 6.45) is 0. The maximum Gasteiger partial charge on any atom is 0.330 e. The van der Waals surface area contributed by atoms with Crippen molar-refractivity contribution < 1.29 is 14.3 Å². The van der Waals surface area contributed by atoms with E-state index in [4.69, 9.17) is 11.6 Å². The minimum absolute atomic E-state index is 0.0132. The van der Waals surface area contributed by atoms with Crippen molar-refractivity contribution in [2.45, 2.75) is 6.04 Å². The zero-order valence-corrected chi connectivity index (χ0v) is 12.5. The highest BCUT2D eigenvalue weighted by atomic mass is 79.9. The molecular weight excluding hydrogens is 349 g/mol. The molecule has 0 aliphatic carbocycles. The van der Waals surface area contributed by atoms with E-state index in [-0.39, 0.29) is 10.6 Å². The van der Waals surface area contributed by atoms with Crippen LogP contribution in [-0.2, 0) is 4.79 Å². The van der Waals surface area contributed by atoms with Crippen molar-refractivity contribution in [2.75, 3.05) is 5.32 Å². The maximum atomic E-state index is 14.0. The van der Waals surface area contributed by atoms with Crippen LogP contribution in [0.3, 0.4) is 0 Å². The number of anilines is 1. The SMILES string of the molecule is O=C(O)C(Nc1ccccc1Br)c1cccc(Cl)c1F. The summed E-state index contributed by atoms with van der Waals surface area (Å²) >= 11 is 9.00. The Bertz CT molecular complexity index is 651. The van der Waals surface area contributed by atoms with Gasteiger partial charge in [-0.25, -0.2) is 9.18 Å². The summed E-state index contributed by atoms with van der Waals surface area (Å²) in [5.74, 6) is -1.93. The molecule has 3 nitrogen and oxygen atoms in total. The Hall–Kier alpha value is -1.59. The van der Waals surface area contributed by atoms with Gasteiger partial charge in [-0.1, -0.05) is 35.9 Å². The van der Waals surface area contributed by atoms with Gasteiger partial charge >= 0.3 is 5.97 Å². The highest BCUT2D eigenvalue weighted by Crippen LogP contribution is 2.29. The van der Waals surface area contributed by atoms with Crippen LogP contribution in [0.25, 0.3) is 0 Å². The number of para-hydroxylation sites is 1. The van der Waals surface area contributed by atoms with Crippen LogP contribution < -0.4 is 5.32 Å². The van der Waals surface area contributed by atoms with E-state index in [1.165, 1.54) is 18.2 Å². The van der Waals surface area contributed by atoms with Gasteiger partial charge in [-0.05, 0) is 34.1 Å². The van der Waals surface area contributed by atoms with Gasteiger partial charge in [0.15, 0.2) is 6.04 Å².